The minimum atomic E-state index is -0.00809. The van der Waals surface area contributed by atoms with Crippen LogP contribution in [0, 0.1) is 0 Å². The lowest BCUT2D eigenvalue weighted by atomic mass is 10.2. The molecule has 0 bridgehead atoms. The Bertz CT molecular complexity index is 843. The Morgan fingerprint density at radius 1 is 1.20 bits per heavy atom. The molecule has 0 atom stereocenters. The number of aryl methyl sites for hydroxylation is 1. The highest BCUT2D eigenvalue weighted by atomic mass is 16.2. The number of nitrogens with one attached hydrogen (secondary N) is 1. The van der Waals surface area contributed by atoms with Crippen molar-refractivity contribution in [2.75, 3.05) is 13.6 Å². The summed E-state index contributed by atoms with van der Waals surface area (Å²) in [5.74, 6) is 0.875. The first-order chi connectivity index (χ1) is 12.2. The Hall–Kier alpha value is -2.73. The molecule has 6 nitrogen and oxygen atoms in total. The predicted octanol–water partition coefficient (Wildman–Crippen LogP) is 2.20. The van der Waals surface area contributed by atoms with E-state index in [1.165, 1.54) is 0 Å². The molecule has 6 heteroatoms. The van der Waals surface area contributed by atoms with Gasteiger partial charge >= 0.3 is 0 Å². The summed E-state index contributed by atoms with van der Waals surface area (Å²) in [4.78, 5) is 22.8. The fourth-order valence-electron chi connectivity index (χ4n) is 2.95. The van der Waals surface area contributed by atoms with E-state index in [2.05, 4.69) is 32.8 Å². The summed E-state index contributed by atoms with van der Waals surface area (Å²) < 4.78 is 2.14. The van der Waals surface area contributed by atoms with Crippen LogP contribution in [0.2, 0.25) is 0 Å². The van der Waals surface area contributed by atoms with Crippen LogP contribution in [0.25, 0.3) is 11.0 Å². The zero-order valence-corrected chi connectivity index (χ0v) is 14.6. The third kappa shape index (κ3) is 4.22. The molecule has 0 aliphatic heterocycles. The first-order valence-electron chi connectivity index (χ1n) is 8.45. The monoisotopic (exact) mass is 337 g/mol. The van der Waals surface area contributed by atoms with Gasteiger partial charge in [-0.25, -0.2) is 4.98 Å². The van der Waals surface area contributed by atoms with Crippen LogP contribution in [0.15, 0.2) is 48.8 Å². The summed E-state index contributed by atoms with van der Waals surface area (Å²) in [7, 11) is 1.93. The summed E-state index contributed by atoms with van der Waals surface area (Å²) in [6.45, 7) is 4.40. The van der Waals surface area contributed by atoms with Gasteiger partial charge < -0.3 is 9.88 Å². The van der Waals surface area contributed by atoms with Crippen molar-refractivity contribution in [3.05, 3.63) is 60.2 Å². The minimum Gasteiger partial charge on any atom is -0.348 e. The first-order valence-corrected chi connectivity index (χ1v) is 8.45. The topological polar surface area (TPSA) is 63.1 Å². The van der Waals surface area contributed by atoms with Crippen molar-refractivity contribution in [2.45, 2.75) is 26.6 Å². The van der Waals surface area contributed by atoms with E-state index in [0.717, 1.165) is 29.0 Å². The maximum absolute atomic E-state index is 12.2. The van der Waals surface area contributed by atoms with E-state index < -0.39 is 0 Å². The van der Waals surface area contributed by atoms with Gasteiger partial charge in [0.05, 0.1) is 24.1 Å². The number of fused-ring (bicyclic) bond motifs is 1. The van der Waals surface area contributed by atoms with Crippen LogP contribution >= 0.6 is 0 Å². The zero-order valence-electron chi connectivity index (χ0n) is 14.6. The first kappa shape index (κ1) is 17.1. The van der Waals surface area contributed by atoms with Crippen LogP contribution in [0.3, 0.4) is 0 Å². The number of aromatic nitrogens is 3. The van der Waals surface area contributed by atoms with Crippen LogP contribution in [0.1, 0.15) is 18.3 Å². The van der Waals surface area contributed by atoms with Crippen LogP contribution < -0.4 is 5.32 Å². The fraction of sp³-hybridized carbons (Fsp3) is 0.316. The second-order valence-electron chi connectivity index (χ2n) is 6.07. The average Bonchev–Trinajstić information content (AvgIpc) is 2.98. The van der Waals surface area contributed by atoms with Gasteiger partial charge in [0.1, 0.15) is 5.82 Å². The predicted molar refractivity (Wildman–Crippen MR) is 97.8 cm³/mol. The fourth-order valence-corrected chi connectivity index (χ4v) is 2.95. The number of pyridine rings is 1. The van der Waals surface area contributed by atoms with Gasteiger partial charge in [0, 0.05) is 25.5 Å². The van der Waals surface area contributed by atoms with Crippen LogP contribution in [0.5, 0.6) is 0 Å². The van der Waals surface area contributed by atoms with Crippen molar-refractivity contribution in [1.29, 1.82) is 0 Å². The van der Waals surface area contributed by atoms with E-state index >= 15 is 0 Å². The number of carbonyl (C=O) groups is 1. The summed E-state index contributed by atoms with van der Waals surface area (Å²) in [6, 6.07) is 11.9. The van der Waals surface area contributed by atoms with Gasteiger partial charge in [0.2, 0.25) is 5.91 Å². The second-order valence-corrected chi connectivity index (χ2v) is 6.07. The summed E-state index contributed by atoms with van der Waals surface area (Å²) in [5, 5.41) is 2.98. The van der Waals surface area contributed by atoms with Crippen LogP contribution in [-0.4, -0.2) is 38.9 Å². The van der Waals surface area contributed by atoms with Crippen molar-refractivity contribution in [3.63, 3.8) is 0 Å². The molecule has 0 spiro atoms. The molecule has 0 saturated carbocycles. The van der Waals surface area contributed by atoms with Crippen molar-refractivity contribution < 1.29 is 4.79 Å². The number of carbonyl (C=O) groups excluding carboxylic acids is 1. The van der Waals surface area contributed by atoms with Gasteiger partial charge in [-0.05, 0) is 43.8 Å². The smallest absolute Gasteiger partial charge is 0.234 e. The molecule has 3 rings (SSSR count). The largest absolute Gasteiger partial charge is 0.348 e. The van der Waals surface area contributed by atoms with E-state index in [9.17, 15) is 4.79 Å². The van der Waals surface area contributed by atoms with Crippen molar-refractivity contribution in [2.24, 2.45) is 0 Å². The van der Waals surface area contributed by atoms with Gasteiger partial charge in [-0.3, -0.25) is 14.7 Å². The van der Waals surface area contributed by atoms with Gasteiger partial charge in [-0.15, -0.1) is 0 Å². The van der Waals surface area contributed by atoms with E-state index in [4.69, 9.17) is 0 Å². The Morgan fingerprint density at radius 2 is 1.96 bits per heavy atom. The van der Waals surface area contributed by atoms with Crippen molar-refractivity contribution in [1.82, 2.24) is 24.8 Å². The summed E-state index contributed by atoms with van der Waals surface area (Å²) >= 11 is 0. The van der Waals surface area contributed by atoms with Crippen molar-refractivity contribution >= 4 is 16.9 Å². The quantitative estimate of drug-likeness (QED) is 0.718. The third-order valence-electron chi connectivity index (χ3n) is 4.11. The maximum atomic E-state index is 12.2. The van der Waals surface area contributed by atoms with E-state index in [0.29, 0.717) is 19.6 Å². The Morgan fingerprint density at radius 3 is 2.72 bits per heavy atom. The average molecular weight is 337 g/mol. The molecule has 130 valence electrons. The molecule has 2 heterocycles. The third-order valence-corrected chi connectivity index (χ3v) is 4.11. The maximum Gasteiger partial charge on any atom is 0.234 e. The molecular weight excluding hydrogens is 314 g/mol. The number of rotatable bonds is 7. The Kier molecular flexibility index (Phi) is 5.40. The molecule has 0 fully saturated rings. The molecular formula is C19H23N5O. The molecule has 1 aromatic carbocycles. The molecule has 1 N–H and O–H groups in total. The van der Waals surface area contributed by atoms with Gasteiger partial charge in [0.25, 0.3) is 0 Å². The number of hydrogen-bond donors (Lipinski definition) is 1. The molecule has 2 aromatic heterocycles. The van der Waals surface area contributed by atoms with Crippen molar-refractivity contribution in [3.8, 4) is 0 Å². The minimum absolute atomic E-state index is 0.00809. The van der Waals surface area contributed by atoms with Crippen LogP contribution in [0.4, 0.5) is 0 Å². The summed E-state index contributed by atoms with van der Waals surface area (Å²) in [6.07, 6.45) is 3.52. The molecule has 0 radical (unpaired) electrons. The highest BCUT2D eigenvalue weighted by Crippen LogP contribution is 2.15. The highest BCUT2D eigenvalue weighted by Gasteiger charge is 2.11. The Labute approximate surface area is 147 Å². The second kappa shape index (κ2) is 7.90. The van der Waals surface area contributed by atoms with Gasteiger partial charge in [-0.2, -0.15) is 0 Å². The number of benzene rings is 1. The Balaban J connectivity index is 1.57. The molecule has 25 heavy (non-hydrogen) atoms. The molecule has 3 aromatic rings. The molecule has 0 saturated heterocycles. The number of imidazole rings is 1. The summed E-state index contributed by atoms with van der Waals surface area (Å²) in [5.41, 5.74) is 3.20. The lowest BCUT2D eigenvalue weighted by molar-refractivity contribution is -0.122. The number of hydrogen-bond acceptors (Lipinski definition) is 4. The zero-order chi connectivity index (χ0) is 17.6. The number of likely N-dealkylation sites (N-methyl/N-ethyl adjacent to an activating group) is 1. The number of para-hydroxylation sites is 2. The lowest BCUT2D eigenvalue weighted by Crippen LogP contribution is -2.35. The highest BCUT2D eigenvalue weighted by molar-refractivity contribution is 5.78. The lowest BCUT2D eigenvalue weighted by Gasteiger charge is -2.16. The van der Waals surface area contributed by atoms with Crippen LogP contribution in [-0.2, 0) is 24.4 Å². The molecule has 0 aliphatic rings. The number of amides is 1. The van der Waals surface area contributed by atoms with Gasteiger partial charge in [-0.1, -0.05) is 12.1 Å². The SMILES string of the molecule is CCn1c(CNC(=O)CN(C)Cc2ccncc2)nc2ccccc21. The standard InChI is InChI=1S/C19H23N5O/c1-3-24-17-7-5-4-6-16(17)22-18(24)12-21-19(25)14-23(2)13-15-8-10-20-11-9-15/h4-11H,3,12-14H2,1-2H3,(H,21,25). The molecule has 0 unspecified atom stereocenters. The van der Waals surface area contributed by atoms with E-state index in [1.807, 2.05) is 42.3 Å². The van der Waals surface area contributed by atoms with E-state index in [1.54, 1.807) is 12.4 Å². The normalized spacial score (nSPS) is 11.2. The van der Waals surface area contributed by atoms with Gasteiger partial charge in [0.15, 0.2) is 0 Å². The van der Waals surface area contributed by atoms with E-state index in [-0.39, 0.29) is 5.91 Å². The molecule has 1 amide bonds. The molecule has 0 aliphatic carbocycles. The number of nitrogens with zero attached hydrogens (tertiary/aromatic N) is 4.